The van der Waals surface area contributed by atoms with E-state index in [9.17, 15) is 4.79 Å². The lowest BCUT2D eigenvalue weighted by Gasteiger charge is -2.26. The van der Waals surface area contributed by atoms with Crippen molar-refractivity contribution < 1.29 is 9.53 Å². The van der Waals surface area contributed by atoms with Crippen LogP contribution >= 0.6 is 0 Å². The van der Waals surface area contributed by atoms with Crippen LogP contribution in [0.4, 0.5) is 0 Å². The number of benzene rings is 1. The molecule has 0 spiro atoms. The number of carbonyl (C=O) groups excluding carboxylic acids is 1. The molecule has 0 unspecified atom stereocenters. The van der Waals surface area contributed by atoms with Gasteiger partial charge in [-0.1, -0.05) is 12.1 Å². The van der Waals surface area contributed by atoms with Crippen LogP contribution in [-0.2, 0) is 16.1 Å². The molecule has 0 radical (unpaired) electrons. The van der Waals surface area contributed by atoms with Crippen molar-refractivity contribution in [2.45, 2.75) is 26.5 Å². The van der Waals surface area contributed by atoms with Gasteiger partial charge in [0.1, 0.15) is 12.4 Å². The molecular formula is C18H22N4O2. The van der Waals surface area contributed by atoms with Gasteiger partial charge in [0, 0.05) is 32.3 Å². The van der Waals surface area contributed by atoms with Crippen LogP contribution in [0.25, 0.3) is 0 Å². The molecule has 1 amide bonds. The predicted octanol–water partition coefficient (Wildman–Crippen LogP) is 2.13. The number of aliphatic imine (C=N–C) groups is 1. The Hall–Kier alpha value is -2.81. The molecule has 0 aromatic heterocycles. The Balaban J connectivity index is 2.15. The number of nitriles is 1. The fourth-order valence-electron chi connectivity index (χ4n) is 2.59. The van der Waals surface area contributed by atoms with Gasteiger partial charge in [-0.25, -0.2) is 0 Å². The van der Waals surface area contributed by atoms with Crippen LogP contribution in [0.15, 0.2) is 41.2 Å². The van der Waals surface area contributed by atoms with E-state index in [1.165, 1.54) is 0 Å². The minimum atomic E-state index is 0.247. The highest BCUT2D eigenvalue weighted by Gasteiger charge is 2.24. The first-order valence-corrected chi connectivity index (χ1v) is 7.88. The molecular weight excluding hydrogens is 304 g/mol. The standard InChI is InChI=1S/C18H22N4O2/c1-14(2)22-8-7-21(3)18(22)10-17(20-13-23)24-12-16-6-4-5-15(9-16)11-19/h4-6,9-10,13-14H,7-8,12H2,1-3H3/b18-10+,20-17?. The lowest BCUT2D eigenvalue weighted by atomic mass is 10.1. The van der Waals surface area contributed by atoms with Gasteiger partial charge < -0.3 is 14.5 Å². The molecule has 6 heteroatoms. The van der Waals surface area contributed by atoms with Gasteiger partial charge in [-0.15, -0.1) is 0 Å². The normalized spacial score (nSPS) is 16.6. The van der Waals surface area contributed by atoms with E-state index in [1.807, 2.05) is 13.1 Å². The molecule has 1 aromatic rings. The average molecular weight is 326 g/mol. The maximum Gasteiger partial charge on any atom is 0.236 e. The molecule has 0 N–H and O–H groups in total. The van der Waals surface area contributed by atoms with Crippen molar-refractivity contribution in [1.29, 1.82) is 5.26 Å². The Morgan fingerprint density at radius 3 is 2.92 bits per heavy atom. The third-order valence-corrected chi connectivity index (χ3v) is 3.86. The SMILES string of the molecule is CC(C)N1CCN(C)/C1=C\C(=NC=O)OCc1cccc(C#N)c1. The van der Waals surface area contributed by atoms with Gasteiger partial charge in [0.15, 0.2) is 0 Å². The highest BCUT2D eigenvalue weighted by Crippen LogP contribution is 2.19. The van der Waals surface area contributed by atoms with Crippen LogP contribution in [0.3, 0.4) is 0 Å². The monoisotopic (exact) mass is 326 g/mol. The van der Waals surface area contributed by atoms with Crippen molar-refractivity contribution in [1.82, 2.24) is 9.80 Å². The van der Waals surface area contributed by atoms with Crippen LogP contribution in [-0.4, -0.2) is 48.3 Å². The Kier molecular flexibility index (Phi) is 5.96. The number of likely N-dealkylation sites (N-methyl/N-ethyl adjacent to an activating group) is 1. The highest BCUT2D eigenvalue weighted by atomic mass is 16.5. The third-order valence-electron chi connectivity index (χ3n) is 3.86. The highest BCUT2D eigenvalue weighted by molar-refractivity contribution is 5.92. The van der Waals surface area contributed by atoms with E-state index in [-0.39, 0.29) is 12.5 Å². The van der Waals surface area contributed by atoms with E-state index in [2.05, 4.69) is 34.7 Å². The topological polar surface area (TPSA) is 68.9 Å². The summed E-state index contributed by atoms with van der Waals surface area (Å²) in [7, 11) is 2.00. The number of nitrogens with zero attached hydrogens (tertiary/aromatic N) is 4. The Morgan fingerprint density at radius 1 is 1.46 bits per heavy atom. The van der Waals surface area contributed by atoms with Gasteiger partial charge in [-0.2, -0.15) is 10.3 Å². The van der Waals surface area contributed by atoms with Crippen molar-refractivity contribution in [3.63, 3.8) is 0 Å². The summed E-state index contributed by atoms with van der Waals surface area (Å²) in [5.41, 5.74) is 1.43. The van der Waals surface area contributed by atoms with Crippen LogP contribution in [0.5, 0.6) is 0 Å². The van der Waals surface area contributed by atoms with Gasteiger partial charge in [0.25, 0.3) is 0 Å². The van der Waals surface area contributed by atoms with Crippen molar-refractivity contribution in [3.05, 3.63) is 47.3 Å². The number of carbonyl (C=O) groups is 1. The second-order valence-corrected chi connectivity index (χ2v) is 5.88. The summed E-state index contributed by atoms with van der Waals surface area (Å²) in [6.45, 7) is 6.34. The molecule has 6 nitrogen and oxygen atoms in total. The zero-order chi connectivity index (χ0) is 17.5. The zero-order valence-electron chi connectivity index (χ0n) is 14.3. The molecule has 0 aliphatic carbocycles. The number of rotatable bonds is 5. The molecule has 1 fully saturated rings. The van der Waals surface area contributed by atoms with Crippen molar-refractivity contribution >= 4 is 12.3 Å². The van der Waals surface area contributed by atoms with E-state index < -0.39 is 0 Å². The van der Waals surface area contributed by atoms with Crippen LogP contribution < -0.4 is 0 Å². The fourth-order valence-corrected chi connectivity index (χ4v) is 2.59. The predicted molar refractivity (Wildman–Crippen MR) is 92.0 cm³/mol. The molecule has 126 valence electrons. The third kappa shape index (κ3) is 4.35. The van der Waals surface area contributed by atoms with Crippen LogP contribution in [0, 0.1) is 11.3 Å². The second kappa shape index (κ2) is 8.16. The molecule has 1 heterocycles. The molecule has 0 atom stereocenters. The smallest absolute Gasteiger partial charge is 0.236 e. The van der Waals surface area contributed by atoms with Crippen molar-refractivity contribution in [3.8, 4) is 6.07 Å². The van der Waals surface area contributed by atoms with E-state index in [0.29, 0.717) is 18.0 Å². The number of amides is 1. The number of hydrogen-bond donors (Lipinski definition) is 0. The summed E-state index contributed by atoms with van der Waals surface area (Å²) in [6.07, 6.45) is 2.27. The first-order valence-electron chi connectivity index (χ1n) is 7.88. The summed E-state index contributed by atoms with van der Waals surface area (Å²) in [5.74, 6) is 1.25. The minimum Gasteiger partial charge on any atom is -0.473 e. The summed E-state index contributed by atoms with van der Waals surface area (Å²) < 4.78 is 5.69. The van der Waals surface area contributed by atoms with Crippen LogP contribution in [0.1, 0.15) is 25.0 Å². The quantitative estimate of drug-likeness (QED) is 0.471. The zero-order valence-corrected chi connectivity index (χ0v) is 14.3. The first-order chi connectivity index (χ1) is 11.5. The van der Waals surface area contributed by atoms with Gasteiger partial charge in [-0.05, 0) is 31.5 Å². The molecule has 0 bridgehead atoms. The summed E-state index contributed by atoms with van der Waals surface area (Å²) in [6, 6.07) is 9.61. The first kappa shape index (κ1) is 17.5. The minimum absolute atomic E-state index is 0.247. The average Bonchev–Trinajstić information content (AvgIpc) is 2.94. The fraction of sp³-hybridized carbons (Fsp3) is 0.389. The molecule has 1 aromatic carbocycles. The summed E-state index contributed by atoms with van der Waals surface area (Å²) in [4.78, 5) is 19.0. The van der Waals surface area contributed by atoms with E-state index >= 15 is 0 Å². The number of ether oxygens (including phenoxy) is 1. The van der Waals surface area contributed by atoms with Gasteiger partial charge >= 0.3 is 0 Å². The maximum atomic E-state index is 10.8. The lowest BCUT2D eigenvalue weighted by molar-refractivity contribution is -0.106. The molecule has 24 heavy (non-hydrogen) atoms. The second-order valence-electron chi connectivity index (χ2n) is 5.88. The van der Waals surface area contributed by atoms with E-state index in [1.54, 1.807) is 24.3 Å². The van der Waals surface area contributed by atoms with Gasteiger partial charge in [-0.3, -0.25) is 4.79 Å². The summed E-state index contributed by atoms with van der Waals surface area (Å²) in [5, 5.41) is 8.94. The van der Waals surface area contributed by atoms with E-state index in [0.717, 1.165) is 24.5 Å². The Bertz CT molecular complexity index is 689. The lowest BCUT2D eigenvalue weighted by Crippen LogP contribution is -2.28. The molecule has 0 saturated carbocycles. The van der Waals surface area contributed by atoms with E-state index in [4.69, 9.17) is 10.00 Å². The summed E-state index contributed by atoms with van der Waals surface area (Å²) >= 11 is 0. The van der Waals surface area contributed by atoms with Crippen LogP contribution in [0.2, 0.25) is 0 Å². The molecule has 1 aliphatic rings. The molecule has 1 saturated heterocycles. The Morgan fingerprint density at radius 2 is 2.25 bits per heavy atom. The molecule has 1 aliphatic heterocycles. The van der Waals surface area contributed by atoms with Crippen molar-refractivity contribution in [2.75, 3.05) is 20.1 Å². The van der Waals surface area contributed by atoms with Crippen molar-refractivity contribution in [2.24, 2.45) is 4.99 Å². The Labute approximate surface area is 142 Å². The number of hydrogen-bond acceptors (Lipinski definition) is 5. The largest absolute Gasteiger partial charge is 0.473 e. The van der Waals surface area contributed by atoms with Gasteiger partial charge in [0.2, 0.25) is 12.3 Å². The maximum absolute atomic E-state index is 10.8. The molecule has 2 rings (SSSR count). The van der Waals surface area contributed by atoms with Gasteiger partial charge in [0.05, 0.1) is 11.6 Å².